The molecule has 4 nitrogen and oxygen atoms in total. The molecule has 0 radical (unpaired) electrons. The van der Waals surface area contributed by atoms with Gasteiger partial charge in [0.15, 0.2) is 0 Å². The highest BCUT2D eigenvalue weighted by molar-refractivity contribution is 7.88. The monoisotopic (exact) mass is 328 g/mol. The number of piperazine rings is 1. The van der Waals surface area contributed by atoms with E-state index >= 15 is 0 Å². The van der Waals surface area contributed by atoms with Crippen LogP contribution >= 0.6 is 0 Å². The number of sulfonamides is 1. The second-order valence-electron chi connectivity index (χ2n) is 6.40. The van der Waals surface area contributed by atoms with Gasteiger partial charge in [0.05, 0.1) is 6.26 Å². The van der Waals surface area contributed by atoms with Crippen LogP contribution < -0.4 is 5.32 Å². The number of piperidine rings is 1. The van der Waals surface area contributed by atoms with Gasteiger partial charge in [0.2, 0.25) is 10.0 Å². The molecule has 0 amide bonds. The van der Waals surface area contributed by atoms with Crippen LogP contribution in [0.2, 0.25) is 0 Å². The van der Waals surface area contributed by atoms with Gasteiger partial charge in [0.1, 0.15) is 0 Å². The van der Waals surface area contributed by atoms with Crippen LogP contribution in [0.5, 0.6) is 0 Å². The molecule has 2 aliphatic rings. The molecular formula is C18H20N2O2S. The second-order valence-corrected chi connectivity index (χ2v) is 8.29. The molecule has 1 unspecified atom stereocenters. The van der Waals surface area contributed by atoms with E-state index in [9.17, 15) is 8.42 Å². The Balaban J connectivity index is 1.60. The lowest BCUT2D eigenvalue weighted by atomic mass is 9.74. The second kappa shape index (κ2) is 5.44. The summed E-state index contributed by atoms with van der Waals surface area (Å²) in [5.41, 5.74) is 3.63. The van der Waals surface area contributed by atoms with Crippen molar-refractivity contribution in [2.24, 2.45) is 0 Å². The zero-order valence-electron chi connectivity index (χ0n) is 13.0. The Morgan fingerprint density at radius 2 is 1.48 bits per heavy atom. The van der Waals surface area contributed by atoms with Gasteiger partial charge in [-0.15, -0.1) is 0 Å². The Labute approximate surface area is 137 Å². The van der Waals surface area contributed by atoms with Crippen LogP contribution in [0.25, 0.3) is 11.1 Å². The molecule has 0 spiro atoms. The molecule has 5 heteroatoms. The third kappa shape index (κ3) is 2.49. The normalized spacial score (nSPS) is 27.4. The molecule has 0 saturated carbocycles. The number of hydrogen-bond donors (Lipinski definition) is 1. The summed E-state index contributed by atoms with van der Waals surface area (Å²) in [7, 11) is -3.12. The summed E-state index contributed by atoms with van der Waals surface area (Å²) in [6.45, 7) is 1.46. The summed E-state index contributed by atoms with van der Waals surface area (Å²) in [6.07, 6.45) is 1.31. The fourth-order valence-corrected chi connectivity index (χ4v) is 5.39. The fourth-order valence-electron chi connectivity index (χ4n) is 4.00. The standard InChI is InChI=1S/C18H20N2O2S/c1-23(21,22)20-16-11-19-12-17(20)18(16)15-9-7-14(8-10-15)13-5-3-2-4-6-13/h2-10,16-19H,11-12H2,1H3/t16-,17+,18?. The largest absolute Gasteiger partial charge is 0.313 e. The van der Waals surface area contributed by atoms with Gasteiger partial charge in [-0.05, 0) is 16.7 Å². The van der Waals surface area contributed by atoms with Gasteiger partial charge in [-0.25, -0.2) is 8.42 Å². The Bertz CT molecular complexity index is 791. The SMILES string of the molecule is CS(=O)(=O)N1[C@@H]2CNC[C@H]1C2c1ccc(-c2ccccc2)cc1. The molecule has 0 aliphatic carbocycles. The topological polar surface area (TPSA) is 49.4 Å². The molecule has 2 saturated heterocycles. The first-order chi connectivity index (χ1) is 11.1. The number of nitrogens with zero attached hydrogens (tertiary/aromatic N) is 1. The van der Waals surface area contributed by atoms with Crippen molar-refractivity contribution in [1.82, 2.24) is 9.62 Å². The minimum Gasteiger partial charge on any atom is -0.313 e. The molecular weight excluding hydrogens is 308 g/mol. The Hall–Kier alpha value is -1.69. The maximum Gasteiger partial charge on any atom is 0.211 e. The van der Waals surface area contributed by atoms with Crippen LogP contribution in [0, 0.1) is 0 Å². The van der Waals surface area contributed by atoms with Gasteiger partial charge in [-0.2, -0.15) is 4.31 Å². The minimum atomic E-state index is -3.12. The highest BCUT2D eigenvalue weighted by Gasteiger charge is 2.55. The molecule has 1 N–H and O–H groups in total. The summed E-state index contributed by atoms with van der Waals surface area (Å²) < 4.78 is 25.6. The highest BCUT2D eigenvalue weighted by Crippen LogP contribution is 2.44. The lowest BCUT2D eigenvalue weighted by Gasteiger charge is -2.57. The molecule has 2 aromatic carbocycles. The van der Waals surface area contributed by atoms with E-state index in [-0.39, 0.29) is 12.1 Å². The van der Waals surface area contributed by atoms with Crippen LogP contribution in [0.1, 0.15) is 11.5 Å². The third-order valence-corrected chi connectivity index (χ3v) is 6.28. The van der Waals surface area contributed by atoms with E-state index in [0.29, 0.717) is 5.92 Å². The quantitative estimate of drug-likeness (QED) is 0.938. The Morgan fingerprint density at radius 3 is 2.04 bits per heavy atom. The van der Waals surface area contributed by atoms with Crippen molar-refractivity contribution in [3.05, 3.63) is 60.2 Å². The number of nitrogens with one attached hydrogen (secondary N) is 1. The lowest BCUT2D eigenvalue weighted by molar-refractivity contribution is 0.0378. The van der Waals surface area contributed by atoms with E-state index in [1.807, 2.05) is 18.2 Å². The first kappa shape index (κ1) is 14.9. The van der Waals surface area contributed by atoms with E-state index in [2.05, 4.69) is 41.7 Å². The summed E-state index contributed by atoms with van der Waals surface area (Å²) in [5, 5.41) is 3.32. The third-order valence-electron chi connectivity index (χ3n) is 4.98. The molecule has 2 heterocycles. The molecule has 23 heavy (non-hydrogen) atoms. The van der Waals surface area contributed by atoms with Crippen LogP contribution in [-0.2, 0) is 10.0 Å². The van der Waals surface area contributed by atoms with E-state index in [4.69, 9.17) is 0 Å². The molecule has 120 valence electrons. The zero-order valence-corrected chi connectivity index (χ0v) is 13.8. The van der Waals surface area contributed by atoms with Gasteiger partial charge < -0.3 is 5.32 Å². The molecule has 0 aromatic heterocycles. The van der Waals surface area contributed by atoms with Crippen molar-refractivity contribution in [2.45, 2.75) is 18.0 Å². The smallest absolute Gasteiger partial charge is 0.211 e. The first-order valence-electron chi connectivity index (χ1n) is 7.90. The number of fused-ring (bicyclic) bond motifs is 2. The van der Waals surface area contributed by atoms with Gasteiger partial charge >= 0.3 is 0 Å². The van der Waals surface area contributed by atoms with Gasteiger partial charge in [0, 0.05) is 31.1 Å². The molecule has 2 bridgehead atoms. The minimum absolute atomic E-state index is 0.0475. The van der Waals surface area contributed by atoms with Crippen molar-refractivity contribution in [3.63, 3.8) is 0 Å². The van der Waals surface area contributed by atoms with Gasteiger partial charge in [-0.3, -0.25) is 0 Å². The van der Waals surface area contributed by atoms with E-state index < -0.39 is 10.0 Å². The van der Waals surface area contributed by atoms with Crippen molar-refractivity contribution in [1.29, 1.82) is 0 Å². The van der Waals surface area contributed by atoms with Crippen LogP contribution in [0.4, 0.5) is 0 Å². The van der Waals surface area contributed by atoms with Crippen LogP contribution in [0.15, 0.2) is 54.6 Å². The molecule has 4 rings (SSSR count). The van der Waals surface area contributed by atoms with Crippen LogP contribution in [0.3, 0.4) is 0 Å². The molecule has 2 aromatic rings. The fraction of sp³-hybridized carbons (Fsp3) is 0.333. The Morgan fingerprint density at radius 1 is 0.913 bits per heavy atom. The summed E-state index contributed by atoms with van der Waals surface area (Å²) in [5.74, 6) is 0.302. The highest BCUT2D eigenvalue weighted by atomic mass is 32.2. The molecule has 3 atom stereocenters. The van der Waals surface area contributed by atoms with E-state index in [1.54, 1.807) is 4.31 Å². The number of benzene rings is 2. The predicted octanol–water partition coefficient (Wildman–Crippen LogP) is 2.05. The molecule has 2 aliphatic heterocycles. The van der Waals surface area contributed by atoms with Crippen molar-refractivity contribution in [3.8, 4) is 11.1 Å². The van der Waals surface area contributed by atoms with Crippen molar-refractivity contribution >= 4 is 10.0 Å². The van der Waals surface area contributed by atoms with E-state index in [0.717, 1.165) is 13.1 Å². The van der Waals surface area contributed by atoms with Crippen LogP contribution in [-0.4, -0.2) is 44.2 Å². The zero-order chi connectivity index (χ0) is 16.0. The summed E-state index contributed by atoms with van der Waals surface area (Å²) in [6, 6.07) is 19.0. The first-order valence-corrected chi connectivity index (χ1v) is 9.75. The average molecular weight is 328 g/mol. The van der Waals surface area contributed by atoms with Gasteiger partial charge in [-0.1, -0.05) is 54.6 Å². The maximum atomic E-state index is 11.9. The Kier molecular flexibility index (Phi) is 3.52. The number of rotatable bonds is 3. The van der Waals surface area contributed by atoms with Crippen molar-refractivity contribution in [2.75, 3.05) is 19.3 Å². The maximum absolute atomic E-state index is 11.9. The van der Waals surface area contributed by atoms with Gasteiger partial charge in [0.25, 0.3) is 0 Å². The lowest BCUT2D eigenvalue weighted by Crippen LogP contribution is -2.73. The summed E-state index contributed by atoms with van der Waals surface area (Å²) in [4.78, 5) is 0. The van der Waals surface area contributed by atoms with Crippen molar-refractivity contribution < 1.29 is 8.42 Å². The average Bonchev–Trinajstić information content (AvgIpc) is 2.56. The summed E-state index contributed by atoms with van der Waals surface area (Å²) >= 11 is 0. The molecule has 2 fully saturated rings. The number of hydrogen-bond acceptors (Lipinski definition) is 3. The predicted molar refractivity (Wildman–Crippen MR) is 91.7 cm³/mol. The van der Waals surface area contributed by atoms with E-state index in [1.165, 1.54) is 22.9 Å².